The largest absolute Gasteiger partial charge is 0.396 e. The molecule has 0 bridgehead atoms. The molecule has 1 amide bonds. The predicted octanol–water partition coefficient (Wildman–Crippen LogP) is 4.52. The van der Waals surface area contributed by atoms with Crippen molar-refractivity contribution in [3.8, 4) is 11.4 Å². The van der Waals surface area contributed by atoms with Gasteiger partial charge in [-0.3, -0.25) is 9.59 Å². The summed E-state index contributed by atoms with van der Waals surface area (Å²) < 4.78 is 14.8. The van der Waals surface area contributed by atoms with Crippen molar-refractivity contribution in [2.45, 2.75) is 38.1 Å². The number of aryl methyl sites for hydroxylation is 1. The van der Waals surface area contributed by atoms with Crippen LogP contribution in [0.1, 0.15) is 58.3 Å². The third-order valence-corrected chi connectivity index (χ3v) is 6.76. The molecule has 1 unspecified atom stereocenters. The van der Waals surface area contributed by atoms with Gasteiger partial charge in [0.15, 0.2) is 5.82 Å². The van der Waals surface area contributed by atoms with Gasteiger partial charge in [0, 0.05) is 29.0 Å². The fraction of sp³-hybridized carbons (Fsp3) is 0.269. The maximum atomic E-state index is 13.4. The van der Waals surface area contributed by atoms with Crippen molar-refractivity contribution in [3.05, 3.63) is 92.1 Å². The van der Waals surface area contributed by atoms with Gasteiger partial charge in [-0.15, -0.1) is 5.10 Å². The van der Waals surface area contributed by atoms with Gasteiger partial charge in [-0.25, -0.2) is 8.91 Å². The maximum Gasteiger partial charge on any atom is 0.275 e. The number of aliphatic hydroxyl groups excluding tert-OH is 1. The second-order valence-corrected chi connectivity index (χ2v) is 9.29. The number of carbonyl (C=O) groups excluding carboxylic acids is 1. The number of H-pyrrole nitrogens is 1. The molecule has 1 saturated carbocycles. The Morgan fingerprint density at radius 3 is 2.69 bits per heavy atom. The average molecular weight is 495 g/mol. The van der Waals surface area contributed by atoms with Crippen LogP contribution in [0.15, 0.2) is 53.5 Å². The lowest BCUT2D eigenvalue weighted by Gasteiger charge is -2.18. The zero-order chi connectivity index (χ0) is 24.7. The van der Waals surface area contributed by atoms with Crippen LogP contribution < -0.4 is 10.9 Å². The van der Waals surface area contributed by atoms with E-state index < -0.39 is 6.04 Å². The third kappa shape index (κ3) is 4.59. The predicted molar refractivity (Wildman–Crippen MR) is 131 cm³/mol. The zero-order valence-corrected chi connectivity index (χ0v) is 19.8. The molecular weight excluding hydrogens is 471 g/mol. The van der Waals surface area contributed by atoms with E-state index in [1.807, 2.05) is 19.1 Å². The molecule has 2 aromatic carbocycles. The number of amides is 1. The second kappa shape index (κ2) is 9.28. The number of fused-ring (bicyclic) bond motifs is 1. The van der Waals surface area contributed by atoms with Crippen molar-refractivity contribution in [3.63, 3.8) is 0 Å². The van der Waals surface area contributed by atoms with Crippen LogP contribution >= 0.6 is 11.6 Å². The Balaban J connectivity index is 1.55. The molecule has 3 N–H and O–H groups in total. The van der Waals surface area contributed by atoms with Crippen LogP contribution in [-0.4, -0.2) is 32.2 Å². The van der Waals surface area contributed by atoms with E-state index in [1.54, 1.807) is 24.4 Å². The summed E-state index contributed by atoms with van der Waals surface area (Å²) in [5.41, 5.74) is 3.31. The van der Waals surface area contributed by atoms with Gasteiger partial charge >= 0.3 is 0 Å². The van der Waals surface area contributed by atoms with Gasteiger partial charge in [0.1, 0.15) is 11.3 Å². The summed E-state index contributed by atoms with van der Waals surface area (Å²) in [6.45, 7) is 1.74. The molecule has 0 spiro atoms. The number of aromatic amines is 1. The summed E-state index contributed by atoms with van der Waals surface area (Å²) in [6, 6.07) is 10.7. The number of hydrogen-bond donors (Lipinski definition) is 3. The van der Waals surface area contributed by atoms with Crippen molar-refractivity contribution in [1.29, 1.82) is 0 Å². The van der Waals surface area contributed by atoms with Crippen LogP contribution in [0.25, 0.3) is 16.9 Å². The standard InChI is InChI=1S/C26H24ClFN4O3/c1-14-2-3-17(12-20(14)27)24-30-26(35)23-22(16-4-5-16)19(13-32(23)31-24)25(34)29-21(10-11-33)15-6-8-18(28)9-7-15/h2-3,6-9,12-13,16,21,33H,4-5,10-11H2,1H3,(H,29,34)(H,30,31,35). The maximum absolute atomic E-state index is 13.4. The number of aromatic nitrogens is 3. The molecule has 2 aromatic heterocycles. The van der Waals surface area contributed by atoms with E-state index in [4.69, 9.17) is 11.6 Å². The number of carbonyl (C=O) groups is 1. The molecule has 9 heteroatoms. The molecule has 35 heavy (non-hydrogen) atoms. The highest BCUT2D eigenvalue weighted by atomic mass is 35.5. The summed E-state index contributed by atoms with van der Waals surface area (Å²) >= 11 is 6.26. The van der Waals surface area contributed by atoms with E-state index in [0.29, 0.717) is 38.6 Å². The summed E-state index contributed by atoms with van der Waals surface area (Å²) in [4.78, 5) is 29.4. The Labute approximate surface area is 205 Å². The molecular formula is C26H24ClFN4O3. The Bertz CT molecular complexity index is 1470. The van der Waals surface area contributed by atoms with Crippen molar-refractivity contribution in [1.82, 2.24) is 19.9 Å². The smallest absolute Gasteiger partial charge is 0.275 e. The zero-order valence-electron chi connectivity index (χ0n) is 19.0. The monoisotopic (exact) mass is 494 g/mol. The number of benzene rings is 2. The fourth-order valence-electron chi connectivity index (χ4n) is 4.33. The van der Waals surface area contributed by atoms with E-state index >= 15 is 0 Å². The number of rotatable bonds is 7. The van der Waals surface area contributed by atoms with E-state index in [-0.39, 0.29) is 36.2 Å². The number of nitrogens with one attached hydrogen (secondary N) is 2. The van der Waals surface area contributed by atoms with Crippen molar-refractivity contribution < 1.29 is 14.3 Å². The first-order valence-electron chi connectivity index (χ1n) is 11.4. The number of hydrogen-bond acceptors (Lipinski definition) is 4. The van der Waals surface area contributed by atoms with E-state index in [9.17, 15) is 19.1 Å². The van der Waals surface area contributed by atoms with Gasteiger partial charge in [0.05, 0.1) is 11.6 Å². The Morgan fingerprint density at radius 1 is 1.29 bits per heavy atom. The Hall–Kier alpha value is -3.49. The minimum absolute atomic E-state index is 0.102. The van der Waals surface area contributed by atoms with Crippen LogP contribution in [0.2, 0.25) is 5.02 Å². The van der Waals surface area contributed by atoms with Gasteiger partial charge < -0.3 is 15.4 Å². The van der Waals surface area contributed by atoms with Crippen molar-refractivity contribution >= 4 is 23.0 Å². The minimum Gasteiger partial charge on any atom is -0.396 e. The van der Waals surface area contributed by atoms with Crippen LogP contribution in [0.5, 0.6) is 0 Å². The highest BCUT2D eigenvalue weighted by Crippen LogP contribution is 2.43. The van der Waals surface area contributed by atoms with Gasteiger partial charge in [-0.1, -0.05) is 35.9 Å². The highest BCUT2D eigenvalue weighted by molar-refractivity contribution is 6.31. The highest BCUT2D eigenvalue weighted by Gasteiger charge is 2.34. The summed E-state index contributed by atoms with van der Waals surface area (Å²) in [6.07, 6.45) is 3.60. The molecule has 0 aliphatic heterocycles. The first-order chi connectivity index (χ1) is 16.9. The molecule has 1 fully saturated rings. The summed E-state index contributed by atoms with van der Waals surface area (Å²) in [5, 5.41) is 17.6. The normalized spacial score (nSPS) is 14.3. The lowest BCUT2D eigenvalue weighted by atomic mass is 10.0. The van der Waals surface area contributed by atoms with E-state index in [2.05, 4.69) is 15.4 Å². The Kier molecular flexibility index (Phi) is 6.17. The quantitative estimate of drug-likeness (QED) is 0.351. The second-order valence-electron chi connectivity index (χ2n) is 8.88. The summed E-state index contributed by atoms with van der Waals surface area (Å²) in [7, 11) is 0. The molecule has 0 radical (unpaired) electrons. The van der Waals surface area contributed by atoms with Gasteiger partial charge in [0.2, 0.25) is 0 Å². The molecule has 1 aliphatic carbocycles. The summed E-state index contributed by atoms with van der Waals surface area (Å²) in [5.74, 6) is -0.309. The number of nitrogens with zero attached hydrogens (tertiary/aromatic N) is 2. The van der Waals surface area contributed by atoms with Gasteiger partial charge in [-0.05, 0) is 61.4 Å². The van der Waals surface area contributed by atoms with E-state index in [0.717, 1.165) is 18.4 Å². The minimum atomic E-state index is -0.514. The molecule has 5 rings (SSSR count). The van der Waals surface area contributed by atoms with Crippen LogP contribution in [-0.2, 0) is 0 Å². The lowest BCUT2D eigenvalue weighted by Crippen LogP contribution is -2.29. The SMILES string of the molecule is Cc1ccc(-c2nn3cc(C(=O)NC(CCO)c4ccc(F)cc4)c(C4CC4)c3c(=O)[nH]2)cc1Cl. The first kappa shape index (κ1) is 23.3. The molecule has 7 nitrogen and oxygen atoms in total. The Morgan fingerprint density at radius 2 is 2.03 bits per heavy atom. The van der Waals surface area contributed by atoms with Crippen molar-refractivity contribution in [2.75, 3.05) is 6.61 Å². The van der Waals surface area contributed by atoms with Crippen LogP contribution in [0, 0.1) is 12.7 Å². The molecule has 1 aliphatic rings. The van der Waals surface area contributed by atoms with E-state index in [1.165, 1.54) is 16.6 Å². The van der Waals surface area contributed by atoms with Gasteiger partial charge in [0.25, 0.3) is 11.5 Å². The lowest BCUT2D eigenvalue weighted by molar-refractivity contribution is 0.0929. The van der Waals surface area contributed by atoms with Crippen LogP contribution in [0.3, 0.4) is 0 Å². The fourth-order valence-corrected chi connectivity index (χ4v) is 4.51. The van der Waals surface area contributed by atoms with Crippen LogP contribution in [0.4, 0.5) is 4.39 Å². The molecule has 4 aromatic rings. The third-order valence-electron chi connectivity index (χ3n) is 6.35. The first-order valence-corrected chi connectivity index (χ1v) is 11.8. The molecule has 1 atom stereocenters. The topological polar surface area (TPSA) is 99.5 Å². The number of aliphatic hydroxyl groups is 1. The molecule has 0 saturated heterocycles. The van der Waals surface area contributed by atoms with Crippen molar-refractivity contribution in [2.24, 2.45) is 0 Å². The van der Waals surface area contributed by atoms with Gasteiger partial charge in [-0.2, -0.15) is 0 Å². The average Bonchev–Trinajstić information content (AvgIpc) is 3.60. The molecule has 180 valence electrons. The number of halogens is 2. The molecule has 2 heterocycles.